The molecule has 4 N–H and O–H groups in total. The molecule has 0 aliphatic heterocycles. The van der Waals surface area contributed by atoms with Crippen molar-refractivity contribution in [1.29, 1.82) is 0 Å². The Balaban J connectivity index is 3.24. The van der Waals surface area contributed by atoms with Gasteiger partial charge in [-0.15, -0.1) is 0 Å². The van der Waals surface area contributed by atoms with Gasteiger partial charge in [-0.3, -0.25) is 0 Å². The van der Waals surface area contributed by atoms with E-state index in [2.05, 4.69) is 0 Å². The van der Waals surface area contributed by atoms with E-state index >= 15 is 0 Å². The van der Waals surface area contributed by atoms with Gasteiger partial charge in [0, 0.05) is 0 Å². The molecular weight excluding hydrogens is 200 g/mol. The highest BCUT2D eigenvalue weighted by Crippen LogP contribution is 2.13. The van der Waals surface area contributed by atoms with Crippen LogP contribution in [0, 0.1) is 6.92 Å². The summed E-state index contributed by atoms with van der Waals surface area (Å²) in [5.41, 5.74) is 11.1. The van der Waals surface area contributed by atoms with Crippen LogP contribution in [0.15, 0.2) is 40.4 Å². The van der Waals surface area contributed by atoms with Gasteiger partial charge >= 0.3 is 0 Å². The van der Waals surface area contributed by atoms with Gasteiger partial charge in [-0.05, 0) is 24.6 Å². The molecule has 0 radical (unpaired) electrons. The lowest BCUT2D eigenvalue weighted by Gasteiger charge is -2.00. The molecule has 0 saturated heterocycles. The number of rotatable bonds is 2. The third kappa shape index (κ3) is 2.50. The van der Waals surface area contributed by atoms with Crippen LogP contribution in [0.3, 0.4) is 0 Å². The molecule has 0 aliphatic rings. The fourth-order valence-corrected chi connectivity index (χ4v) is 2.15. The lowest BCUT2D eigenvalue weighted by Crippen LogP contribution is -2.11. The first-order valence-electron chi connectivity index (χ1n) is 3.96. The quantitative estimate of drug-likeness (QED) is 0.746. The number of nitrogens with two attached hydrogens (primary N) is 2. The van der Waals surface area contributed by atoms with Gasteiger partial charge < -0.3 is 11.5 Å². The topological polar surface area (TPSA) is 86.2 Å². The Bertz CT molecular complexity index is 459. The lowest BCUT2D eigenvalue weighted by atomic mass is 10.2. The molecule has 0 heterocycles. The maximum atomic E-state index is 11.6. The standard InChI is InChI=1S/C9H12N2O2S/c1-7-3-2-4-8(5-7)14(12,13)6-9(10)11/h2-6H,10-11H2,1H3. The van der Waals surface area contributed by atoms with Crippen molar-refractivity contribution in [3.8, 4) is 0 Å². The smallest absolute Gasteiger partial charge is 0.203 e. The van der Waals surface area contributed by atoms with E-state index < -0.39 is 9.84 Å². The van der Waals surface area contributed by atoms with Crippen molar-refractivity contribution < 1.29 is 8.42 Å². The van der Waals surface area contributed by atoms with Crippen molar-refractivity contribution in [1.82, 2.24) is 0 Å². The normalized spacial score (nSPS) is 10.9. The molecule has 0 aliphatic carbocycles. The maximum absolute atomic E-state index is 11.6. The second kappa shape index (κ2) is 3.71. The average molecular weight is 212 g/mol. The Morgan fingerprint density at radius 3 is 2.50 bits per heavy atom. The Labute approximate surface area is 83.1 Å². The van der Waals surface area contributed by atoms with Crippen molar-refractivity contribution in [3.05, 3.63) is 41.1 Å². The van der Waals surface area contributed by atoms with Gasteiger partial charge in [-0.25, -0.2) is 8.42 Å². The predicted octanol–water partition coefficient (Wildman–Crippen LogP) is 0.485. The minimum absolute atomic E-state index is 0.200. The summed E-state index contributed by atoms with van der Waals surface area (Å²) in [7, 11) is -3.49. The molecule has 4 nitrogen and oxygen atoms in total. The predicted molar refractivity (Wildman–Crippen MR) is 54.8 cm³/mol. The van der Waals surface area contributed by atoms with E-state index in [1.165, 1.54) is 6.07 Å². The molecule has 0 aromatic heterocycles. The fourth-order valence-electron chi connectivity index (χ4n) is 1.04. The molecule has 0 atom stereocenters. The Morgan fingerprint density at radius 1 is 1.36 bits per heavy atom. The Morgan fingerprint density at radius 2 is 2.00 bits per heavy atom. The third-order valence-electron chi connectivity index (χ3n) is 1.61. The second-order valence-electron chi connectivity index (χ2n) is 2.98. The first-order valence-corrected chi connectivity index (χ1v) is 5.51. The maximum Gasteiger partial charge on any atom is 0.203 e. The summed E-state index contributed by atoms with van der Waals surface area (Å²) in [6, 6.07) is 6.55. The van der Waals surface area contributed by atoms with Crippen LogP contribution in [0.2, 0.25) is 0 Å². The van der Waals surface area contributed by atoms with Gasteiger partial charge in [0.1, 0.15) is 5.82 Å². The van der Waals surface area contributed by atoms with Crippen molar-refractivity contribution in [2.45, 2.75) is 11.8 Å². The van der Waals surface area contributed by atoms with Crippen LogP contribution in [0.1, 0.15) is 5.56 Å². The zero-order valence-electron chi connectivity index (χ0n) is 7.77. The lowest BCUT2D eigenvalue weighted by molar-refractivity contribution is 0.604. The monoisotopic (exact) mass is 212 g/mol. The van der Waals surface area contributed by atoms with E-state index in [4.69, 9.17) is 11.5 Å². The minimum atomic E-state index is -3.49. The van der Waals surface area contributed by atoms with Gasteiger partial charge in [-0.1, -0.05) is 12.1 Å². The summed E-state index contributed by atoms with van der Waals surface area (Å²) in [6.07, 6.45) is 0. The van der Waals surface area contributed by atoms with Crippen LogP contribution in [0.25, 0.3) is 0 Å². The van der Waals surface area contributed by atoms with E-state index in [0.717, 1.165) is 11.0 Å². The van der Waals surface area contributed by atoms with E-state index in [-0.39, 0.29) is 10.7 Å². The first kappa shape index (κ1) is 10.6. The summed E-state index contributed by atoms with van der Waals surface area (Å²) < 4.78 is 23.1. The molecule has 0 saturated carbocycles. The van der Waals surface area contributed by atoms with Crippen molar-refractivity contribution >= 4 is 9.84 Å². The van der Waals surface area contributed by atoms with E-state index in [1.54, 1.807) is 12.1 Å². The number of hydrogen-bond donors (Lipinski definition) is 2. The first-order chi connectivity index (χ1) is 6.42. The van der Waals surface area contributed by atoms with Crippen LogP contribution in [-0.4, -0.2) is 8.42 Å². The molecule has 0 spiro atoms. The molecule has 1 aromatic rings. The summed E-state index contributed by atoms with van der Waals surface area (Å²) in [5.74, 6) is -0.216. The zero-order chi connectivity index (χ0) is 10.8. The summed E-state index contributed by atoms with van der Waals surface area (Å²) in [5, 5.41) is 0.849. The van der Waals surface area contributed by atoms with Crippen LogP contribution < -0.4 is 11.5 Å². The van der Waals surface area contributed by atoms with Gasteiger partial charge in [0.05, 0.1) is 10.3 Å². The highest BCUT2D eigenvalue weighted by molar-refractivity contribution is 7.94. The molecule has 0 bridgehead atoms. The van der Waals surface area contributed by atoms with Gasteiger partial charge in [0.25, 0.3) is 0 Å². The summed E-state index contributed by atoms with van der Waals surface area (Å²) in [6.45, 7) is 1.81. The highest BCUT2D eigenvalue weighted by atomic mass is 32.2. The summed E-state index contributed by atoms with van der Waals surface area (Å²) >= 11 is 0. The van der Waals surface area contributed by atoms with Gasteiger partial charge in [-0.2, -0.15) is 0 Å². The van der Waals surface area contributed by atoms with Crippen LogP contribution in [0.4, 0.5) is 0 Å². The molecule has 0 amide bonds. The molecule has 0 unspecified atom stereocenters. The SMILES string of the molecule is Cc1cccc(S(=O)(=O)C=C(N)N)c1. The number of hydrogen-bond acceptors (Lipinski definition) is 4. The minimum Gasteiger partial charge on any atom is -0.385 e. The zero-order valence-corrected chi connectivity index (χ0v) is 8.58. The summed E-state index contributed by atoms with van der Waals surface area (Å²) in [4.78, 5) is 0.200. The molecular formula is C9H12N2O2S. The molecule has 1 rings (SSSR count). The average Bonchev–Trinajstić information content (AvgIpc) is 2.01. The third-order valence-corrected chi connectivity index (χ3v) is 3.10. The number of aryl methyl sites for hydroxylation is 1. The van der Waals surface area contributed by atoms with E-state index in [9.17, 15) is 8.42 Å². The van der Waals surface area contributed by atoms with E-state index in [1.807, 2.05) is 13.0 Å². The molecule has 14 heavy (non-hydrogen) atoms. The van der Waals surface area contributed by atoms with Gasteiger partial charge in [0.2, 0.25) is 9.84 Å². The second-order valence-corrected chi connectivity index (χ2v) is 4.78. The van der Waals surface area contributed by atoms with Crippen LogP contribution in [-0.2, 0) is 9.84 Å². The van der Waals surface area contributed by atoms with E-state index in [0.29, 0.717) is 0 Å². The number of sulfone groups is 1. The van der Waals surface area contributed by atoms with Crippen molar-refractivity contribution in [2.75, 3.05) is 0 Å². The van der Waals surface area contributed by atoms with Crippen molar-refractivity contribution in [2.24, 2.45) is 11.5 Å². The molecule has 0 fully saturated rings. The number of benzene rings is 1. The Kier molecular flexibility index (Phi) is 2.81. The van der Waals surface area contributed by atoms with Gasteiger partial charge in [0.15, 0.2) is 0 Å². The molecule has 1 aromatic carbocycles. The van der Waals surface area contributed by atoms with Crippen LogP contribution >= 0.6 is 0 Å². The largest absolute Gasteiger partial charge is 0.385 e. The molecule has 76 valence electrons. The van der Waals surface area contributed by atoms with Crippen LogP contribution in [0.5, 0.6) is 0 Å². The fraction of sp³-hybridized carbons (Fsp3) is 0.111. The molecule has 5 heteroatoms. The highest BCUT2D eigenvalue weighted by Gasteiger charge is 2.10. The van der Waals surface area contributed by atoms with Crippen molar-refractivity contribution in [3.63, 3.8) is 0 Å². The Hall–Kier alpha value is -1.49.